The largest absolute Gasteiger partial charge is 0.495 e. The van der Waals surface area contributed by atoms with E-state index in [1.807, 2.05) is 17.5 Å². The Bertz CT molecular complexity index is 669. The molecule has 0 aliphatic heterocycles. The van der Waals surface area contributed by atoms with E-state index in [1.54, 1.807) is 17.4 Å². The Kier molecular flexibility index (Phi) is 5.04. The maximum absolute atomic E-state index is 12.2. The molecular formula is C13H14ClNO3S2. The Hall–Kier alpha value is -1.08. The summed E-state index contributed by atoms with van der Waals surface area (Å²) in [5, 5.41) is 2.31. The first-order valence-electron chi connectivity index (χ1n) is 5.88. The van der Waals surface area contributed by atoms with E-state index in [9.17, 15) is 8.42 Å². The molecule has 0 bridgehead atoms. The van der Waals surface area contributed by atoms with Crippen LogP contribution in [0.25, 0.3) is 0 Å². The highest BCUT2D eigenvalue weighted by Crippen LogP contribution is 2.26. The van der Waals surface area contributed by atoms with Gasteiger partial charge in [-0.2, -0.15) is 0 Å². The number of benzene rings is 1. The summed E-state index contributed by atoms with van der Waals surface area (Å²) in [7, 11) is -2.21. The zero-order valence-electron chi connectivity index (χ0n) is 10.8. The van der Waals surface area contributed by atoms with Crippen molar-refractivity contribution in [3.05, 3.63) is 45.6 Å². The number of rotatable bonds is 6. The number of hydrogen-bond acceptors (Lipinski definition) is 4. The molecule has 1 aromatic carbocycles. The van der Waals surface area contributed by atoms with Crippen LogP contribution in [0, 0.1) is 0 Å². The molecule has 1 heterocycles. The summed E-state index contributed by atoms with van der Waals surface area (Å²) >= 11 is 7.45. The third-order valence-electron chi connectivity index (χ3n) is 2.66. The van der Waals surface area contributed by atoms with Crippen LogP contribution in [0.3, 0.4) is 0 Å². The minimum absolute atomic E-state index is 0.0543. The molecule has 0 saturated carbocycles. The maximum Gasteiger partial charge on any atom is 0.244 e. The van der Waals surface area contributed by atoms with Gasteiger partial charge in [-0.3, -0.25) is 0 Å². The molecule has 0 amide bonds. The number of nitrogens with one attached hydrogen (secondary N) is 1. The second kappa shape index (κ2) is 6.58. The van der Waals surface area contributed by atoms with Crippen molar-refractivity contribution in [2.75, 3.05) is 13.7 Å². The molecule has 0 radical (unpaired) electrons. The first-order chi connectivity index (χ1) is 9.53. The van der Waals surface area contributed by atoms with Crippen molar-refractivity contribution < 1.29 is 13.2 Å². The fourth-order valence-corrected chi connectivity index (χ4v) is 3.87. The summed E-state index contributed by atoms with van der Waals surface area (Å²) < 4.78 is 32.1. The van der Waals surface area contributed by atoms with Crippen LogP contribution in [0.1, 0.15) is 4.88 Å². The number of ether oxygens (including phenoxy) is 1. The minimum Gasteiger partial charge on any atom is -0.495 e. The number of hydrogen-bond donors (Lipinski definition) is 1. The number of thiophene rings is 1. The van der Waals surface area contributed by atoms with Gasteiger partial charge in [0.25, 0.3) is 0 Å². The Labute approximate surface area is 127 Å². The summed E-state index contributed by atoms with van der Waals surface area (Å²) in [5.41, 5.74) is 0. The normalized spacial score (nSPS) is 11.5. The van der Waals surface area contributed by atoms with E-state index >= 15 is 0 Å². The van der Waals surface area contributed by atoms with E-state index in [0.29, 0.717) is 18.0 Å². The lowest BCUT2D eigenvalue weighted by molar-refractivity contribution is 0.402. The maximum atomic E-state index is 12.2. The molecule has 2 rings (SSSR count). The third kappa shape index (κ3) is 3.73. The smallest absolute Gasteiger partial charge is 0.244 e. The van der Waals surface area contributed by atoms with Crippen molar-refractivity contribution in [2.45, 2.75) is 11.3 Å². The molecule has 0 spiro atoms. The van der Waals surface area contributed by atoms with Crippen LogP contribution in [0.15, 0.2) is 40.6 Å². The van der Waals surface area contributed by atoms with Gasteiger partial charge in [0.15, 0.2) is 0 Å². The molecule has 0 fully saturated rings. The lowest BCUT2D eigenvalue weighted by atomic mass is 10.3. The third-order valence-corrected chi connectivity index (χ3v) is 5.31. The van der Waals surface area contributed by atoms with E-state index in [-0.39, 0.29) is 10.6 Å². The van der Waals surface area contributed by atoms with Crippen LogP contribution in [0.2, 0.25) is 5.02 Å². The number of sulfonamides is 1. The summed E-state index contributed by atoms with van der Waals surface area (Å²) in [6.45, 7) is 0.332. The number of methoxy groups -OCH3 is 1. The van der Waals surface area contributed by atoms with Gasteiger partial charge < -0.3 is 4.74 Å². The summed E-state index contributed by atoms with van der Waals surface area (Å²) in [5.74, 6) is 0.276. The van der Waals surface area contributed by atoms with Crippen LogP contribution in [0.4, 0.5) is 0 Å². The average Bonchev–Trinajstić information content (AvgIpc) is 2.91. The van der Waals surface area contributed by atoms with Crippen molar-refractivity contribution in [3.63, 3.8) is 0 Å². The minimum atomic E-state index is -3.63. The summed E-state index contributed by atoms with van der Waals surface area (Å²) in [6.07, 6.45) is 0.653. The van der Waals surface area contributed by atoms with Crippen LogP contribution in [-0.4, -0.2) is 22.1 Å². The lowest BCUT2D eigenvalue weighted by Crippen LogP contribution is -2.26. The molecule has 2 aromatic rings. The van der Waals surface area contributed by atoms with Gasteiger partial charge in [-0.05, 0) is 36.1 Å². The Morgan fingerprint density at radius 1 is 1.35 bits per heavy atom. The quantitative estimate of drug-likeness (QED) is 0.885. The van der Waals surface area contributed by atoms with Crippen LogP contribution in [-0.2, 0) is 16.4 Å². The molecule has 20 heavy (non-hydrogen) atoms. The second-order valence-corrected chi connectivity index (χ2v) is 7.23. The monoisotopic (exact) mass is 331 g/mol. The first-order valence-corrected chi connectivity index (χ1v) is 8.62. The molecule has 0 saturated heterocycles. The van der Waals surface area contributed by atoms with Crippen LogP contribution >= 0.6 is 22.9 Å². The van der Waals surface area contributed by atoms with Crippen LogP contribution < -0.4 is 9.46 Å². The van der Waals surface area contributed by atoms with Crippen molar-refractivity contribution in [1.82, 2.24) is 4.72 Å². The molecule has 0 aliphatic rings. The van der Waals surface area contributed by atoms with Crippen molar-refractivity contribution in [3.8, 4) is 5.75 Å². The van der Waals surface area contributed by atoms with Crippen LogP contribution in [0.5, 0.6) is 5.75 Å². The van der Waals surface area contributed by atoms with Gasteiger partial charge in [0.2, 0.25) is 10.0 Å². The van der Waals surface area contributed by atoms with Gasteiger partial charge in [0.1, 0.15) is 10.6 Å². The van der Waals surface area contributed by atoms with Gasteiger partial charge in [-0.15, -0.1) is 11.3 Å². The Balaban J connectivity index is 2.11. The fourth-order valence-electron chi connectivity index (χ4n) is 1.70. The van der Waals surface area contributed by atoms with Gasteiger partial charge >= 0.3 is 0 Å². The topological polar surface area (TPSA) is 55.4 Å². The molecule has 0 unspecified atom stereocenters. The second-order valence-electron chi connectivity index (χ2n) is 4.02. The highest BCUT2D eigenvalue weighted by atomic mass is 35.5. The van der Waals surface area contributed by atoms with E-state index in [1.165, 1.54) is 19.2 Å². The Morgan fingerprint density at radius 3 is 2.80 bits per heavy atom. The average molecular weight is 332 g/mol. The molecule has 0 atom stereocenters. The summed E-state index contributed by atoms with van der Waals surface area (Å²) in [4.78, 5) is 1.18. The van der Waals surface area contributed by atoms with Crippen molar-refractivity contribution in [2.24, 2.45) is 0 Å². The van der Waals surface area contributed by atoms with E-state index in [0.717, 1.165) is 4.88 Å². The molecule has 0 aliphatic carbocycles. The SMILES string of the molecule is COc1ccc(Cl)cc1S(=O)(=O)NCCc1cccs1. The number of halogens is 1. The lowest BCUT2D eigenvalue weighted by Gasteiger charge is -2.10. The van der Waals surface area contributed by atoms with Gasteiger partial charge in [-0.25, -0.2) is 13.1 Å². The van der Waals surface area contributed by atoms with Crippen molar-refractivity contribution in [1.29, 1.82) is 0 Å². The molecular weight excluding hydrogens is 318 g/mol. The first kappa shape index (κ1) is 15.3. The predicted octanol–water partition coefficient (Wildman–Crippen LogP) is 2.93. The molecule has 108 valence electrons. The molecule has 4 nitrogen and oxygen atoms in total. The van der Waals surface area contributed by atoms with Gasteiger partial charge in [0.05, 0.1) is 7.11 Å². The standard InChI is InChI=1S/C13H14ClNO3S2/c1-18-12-5-4-10(14)9-13(12)20(16,17)15-7-6-11-3-2-8-19-11/h2-5,8-9,15H,6-7H2,1H3. The highest BCUT2D eigenvalue weighted by molar-refractivity contribution is 7.89. The van der Waals surface area contributed by atoms with E-state index < -0.39 is 10.0 Å². The zero-order valence-corrected chi connectivity index (χ0v) is 13.2. The molecule has 1 aromatic heterocycles. The van der Waals surface area contributed by atoms with Gasteiger partial charge in [0, 0.05) is 16.4 Å². The Morgan fingerprint density at radius 2 is 2.15 bits per heavy atom. The fraction of sp³-hybridized carbons (Fsp3) is 0.231. The summed E-state index contributed by atoms with van der Waals surface area (Å²) in [6, 6.07) is 8.42. The predicted molar refractivity (Wildman–Crippen MR) is 81.2 cm³/mol. The van der Waals surface area contributed by atoms with E-state index in [4.69, 9.17) is 16.3 Å². The molecule has 7 heteroatoms. The zero-order chi connectivity index (χ0) is 14.6. The van der Waals surface area contributed by atoms with Gasteiger partial charge in [-0.1, -0.05) is 17.7 Å². The molecule has 1 N–H and O–H groups in total. The highest BCUT2D eigenvalue weighted by Gasteiger charge is 2.19. The van der Waals surface area contributed by atoms with E-state index in [2.05, 4.69) is 4.72 Å². The van der Waals surface area contributed by atoms with Crippen molar-refractivity contribution >= 4 is 33.0 Å².